The molecule has 0 saturated heterocycles. The number of hydrogen-bond acceptors (Lipinski definition) is 4. The standard InChI is InChI=1S/C12H18N2O4S/c1-3-5-9-10(6-4-2)12(19(13,17)18)8-7-11(9)14(15)16/h7-8H,3-6H2,1-2H3,(H2,13,17,18). The van der Waals surface area contributed by atoms with Crippen molar-refractivity contribution in [2.24, 2.45) is 5.14 Å². The smallest absolute Gasteiger partial charge is 0.258 e. The number of nitrogens with two attached hydrogens (primary N) is 1. The second-order valence-corrected chi connectivity index (χ2v) is 5.87. The molecule has 1 rings (SSSR count). The average Bonchev–Trinajstić information content (AvgIpc) is 2.29. The summed E-state index contributed by atoms with van der Waals surface area (Å²) >= 11 is 0. The zero-order valence-corrected chi connectivity index (χ0v) is 11.9. The van der Waals surface area contributed by atoms with E-state index in [4.69, 9.17) is 5.14 Å². The molecular weight excluding hydrogens is 268 g/mol. The van der Waals surface area contributed by atoms with Crippen molar-refractivity contribution in [2.45, 2.75) is 44.4 Å². The monoisotopic (exact) mass is 286 g/mol. The van der Waals surface area contributed by atoms with Gasteiger partial charge in [0.15, 0.2) is 0 Å². The van der Waals surface area contributed by atoms with Gasteiger partial charge in [-0.1, -0.05) is 26.7 Å². The molecule has 7 heteroatoms. The van der Waals surface area contributed by atoms with Crippen molar-refractivity contribution >= 4 is 15.7 Å². The second-order valence-electron chi connectivity index (χ2n) is 4.34. The zero-order valence-electron chi connectivity index (χ0n) is 11.0. The highest BCUT2D eigenvalue weighted by atomic mass is 32.2. The highest BCUT2D eigenvalue weighted by molar-refractivity contribution is 7.89. The van der Waals surface area contributed by atoms with Crippen LogP contribution in [0.4, 0.5) is 5.69 Å². The second kappa shape index (κ2) is 6.12. The van der Waals surface area contributed by atoms with Crippen molar-refractivity contribution in [2.75, 3.05) is 0 Å². The molecule has 0 radical (unpaired) electrons. The molecule has 0 unspecified atom stereocenters. The van der Waals surface area contributed by atoms with Crippen molar-refractivity contribution in [3.05, 3.63) is 33.4 Å². The first-order valence-corrected chi connectivity index (χ1v) is 7.69. The van der Waals surface area contributed by atoms with Gasteiger partial charge in [0.1, 0.15) is 0 Å². The maximum absolute atomic E-state index is 11.6. The lowest BCUT2D eigenvalue weighted by Crippen LogP contribution is -2.16. The lowest BCUT2D eigenvalue weighted by Gasteiger charge is -2.13. The number of hydrogen-bond donors (Lipinski definition) is 1. The Morgan fingerprint density at radius 3 is 2.11 bits per heavy atom. The third-order valence-electron chi connectivity index (χ3n) is 2.87. The Balaban J connectivity index is 3.62. The van der Waals surface area contributed by atoms with Crippen molar-refractivity contribution < 1.29 is 13.3 Å². The summed E-state index contributed by atoms with van der Waals surface area (Å²) in [5, 5.41) is 16.2. The Morgan fingerprint density at radius 2 is 1.68 bits per heavy atom. The first kappa shape index (κ1) is 15.6. The molecule has 0 aromatic heterocycles. The fourth-order valence-corrected chi connectivity index (χ4v) is 2.98. The highest BCUT2D eigenvalue weighted by Gasteiger charge is 2.23. The van der Waals surface area contributed by atoms with Crippen LogP contribution in [0.2, 0.25) is 0 Å². The van der Waals surface area contributed by atoms with Gasteiger partial charge in [-0.3, -0.25) is 10.1 Å². The van der Waals surface area contributed by atoms with E-state index < -0.39 is 14.9 Å². The van der Waals surface area contributed by atoms with Crippen LogP contribution in [0.1, 0.15) is 37.8 Å². The van der Waals surface area contributed by atoms with Crippen LogP contribution in [0.25, 0.3) is 0 Å². The summed E-state index contributed by atoms with van der Waals surface area (Å²) in [4.78, 5) is 10.6. The lowest BCUT2D eigenvalue weighted by molar-refractivity contribution is -0.385. The summed E-state index contributed by atoms with van der Waals surface area (Å²) < 4.78 is 23.1. The minimum absolute atomic E-state index is 0.00315. The van der Waals surface area contributed by atoms with E-state index in [1.165, 1.54) is 12.1 Å². The van der Waals surface area contributed by atoms with E-state index in [-0.39, 0.29) is 10.6 Å². The molecule has 0 bridgehead atoms. The van der Waals surface area contributed by atoms with Crippen molar-refractivity contribution in [3.8, 4) is 0 Å². The molecule has 0 heterocycles. The van der Waals surface area contributed by atoms with Crippen LogP contribution in [-0.4, -0.2) is 13.3 Å². The van der Waals surface area contributed by atoms with Crippen LogP contribution in [0.3, 0.4) is 0 Å². The number of benzene rings is 1. The first-order valence-electron chi connectivity index (χ1n) is 6.14. The Labute approximate surface area is 112 Å². The molecule has 0 spiro atoms. The number of nitro groups is 1. The van der Waals surface area contributed by atoms with Crippen molar-refractivity contribution in [3.63, 3.8) is 0 Å². The van der Waals surface area contributed by atoms with Gasteiger partial charge in [-0.2, -0.15) is 0 Å². The third kappa shape index (κ3) is 3.51. The molecule has 1 aromatic carbocycles. The molecule has 1 aromatic rings. The quantitative estimate of drug-likeness (QED) is 0.639. The molecule has 0 aliphatic heterocycles. The SMILES string of the molecule is CCCc1c([N+](=O)[O-])ccc(S(N)(=O)=O)c1CCC. The molecule has 0 atom stereocenters. The fraction of sp³-hybridized carbons (Fsp3) is 0.500. The van der Waals surface area contributed by atoms with Gasteiger partial charge in [0.05, 0.1) is 9.82 Å². The van der Waals surface area contributed by atoms with Crippen LogP contribution < -0.4 is 5.14 Å². The van der Waals surface area contributed by atoms with E-state index in [0.29, 0.717) is 36.8 Å². The van der Waals surface area contributed by atoms with E-state index in [9.17, 15) is 18.5 Å². The predicted octanol–water partition coefficient (Wildman–Crippen LogP) is 2.15. The van der Waals surface area contributed by atoms with E-state index in [1.807, 2.05) is 13.8 Å². The van der Waals surface area contributed by atoms with Crippen LogP contribution in [0.5, 0.6) is 0 Å². The average molecular weight is 286 g/mol. The van der Waals surface area contributed by atoms with Gasteiger partial charge in [0, 0.05) is 11.6 Å². The molecule has 19 heavy (non-hydrogen) atoms. The predicted molar refractivity (Wildman–Crippen MR) is 72.5 cm³/mol. The van der Waals surface area contributed by atoms with E-state index in [1.54, 1.807) is 0 Å². The van der Waals surface area contributed by atoms with Gasteiger partial charge in [-0.15, -0.1) is 0 Å². The number of nitrogens with zero attached hydrogens (tertiary/aromatic N) is 1. The maximum atomic E-state index is 11.6. The van der Waals surface area contributed by atoms with E-state index in [2.05, 4.69) is 0 Å². The van der Waals surface area contributed by atoms with E-state index in [0.717, 1.165) is 0 Å². The molecular formula is C12H18N2O4S. The maximum Gasteiger partial charge on any atom is 0.272 e. The lowest BCUT2D eigenvalue weighted by atomic mass is 9.97. The molecule has 0 fully saturated rings. The molecule has 0 amide bonds. The Morgan fingerprint density at radius 1 is 1.16 bits per heavy atom. The third-order valence-corrected chi connectivity index (χ3v) is 3.86. The van der Waals surface area contributed by atoms with E-state index >= 15 is 0 Å². The van der Waals surface area contributed by atoms with Gasteiger partial charge in [0.25, 0.3) is 5.69 Å². The Kier molecular flexibility index (Phi) is 5.02. The molecule has 106 valence electrons. The van der Waals surface area contributed by atoms with Crippen LogP contribution in [0.15, 0.2) is 17.0 Å². The van der Waals surface area contributed by atoms with Gasteiger partial charge < -0.3 is 0 Å². The van der Waals surface area contributed by atoms with Crippen LogP contribution in [0, 0.1) is 10.1 Å². The summed E-state index contributed by atoms with van der Waals surface area (Å²) in [5.74, 6) is 0. The topological polar surface area (TPSA) is 103 Å². The summed E-state index contributed by atoms with van der Waals surface area (Å²) in [6.45, 7) is 3.78. The Hall–Kier alpha value is -1.47. The molecule has 0 saturated carbocycles. The summed E-state index contributed by atoms with van der Waals surface area (Å²) in [6.07, 6.45) is 2.32. The van der Waals surface area contributed by atoms with Crippen molar-refractivity contribution in [1.29, 1.82) is 0 Å². The molecule has 6 nitrogen and oxygen atoms in total. The minimum atomic E-state index is -3.86. The Bertz CT molecular complexity index is 582. The van der Waals surface area contributed by atoms with Gasteiger partial charge in [-0.25, -0.2) is 13.6 Å². The zero-order chi connectivity index (χ0) is 14.6. The summed E-state index contributed by atoms with van der Waals surface area (Å²) in [6, 6.07) is 2.46. The van der Waals surface area contributed by atoms with Gasteiger partial charge in [-0.05, 0) is 24.5 Å². The number of nitro benzene ring substituents is 1. The van der Waals surface area contributed by atoms with Crippen LogP contribution in [-0.2, 0) is 22.9 Å². The molecule has 0 aliphatic rings. The van der Waals surface area contributed by atoms with Crippen LogP contribution >= 0.6 is 0 Å². The molecule has 0 aliphatic carbocycles. The van der Waals surface area contributed by atoms with Gasteiger partial charge in [0.2, 0.25) is 10.0 Å². The largest absolute Gasteiger partial charge is 0.272 e. The highest BCUT2D eigenvalue weighted by Crippen LogP contribution is 2.30. The van der Waals surface area contributed by atoms with Crippen molar-refractivity contribution in [1.82, 2.24) is 0 Å². The minimum Gasteiger partial charge on any atom is -0.258 e. The molecule has 2 N–H and O–H groups in total. The summed E-state index contributed by atoms with van der Waals surface area (Å²) in [7, 11) is -3.86. The normalized spacial score (nSPS) is 11.5. The van der Waals surface area contributed by atoms with Gasteiger partial charge >= 0.3 is 0 Å². The fourth-order valence-electron chi connectivity index (χ4n) is 2.15. The number of sulfonamides is 1. The number of rotatable bonds is 6. The summed E-state index contributed by atoms with van der Waals surface area (Å²) in [5.41, 5.74) is 0.944. The number of primary sulfonamides is 1. The first-order chi connectivity index (χ1) is 8.82.